The minimum absolute atomic E-state index is 0.0258. The fourth-order valence-corrected chi connectivity index (χ4v) is 3.32. The molecule has 1 atom stereocenters. The number of carbonyl (C=O) groups excluding carboxylic acids is 2. The molecular formula is C17H21F3N2O3S. The molecule has 5 nitrogen and oxygen atoms in total. The quantitative estimate of drug-likeness (QED) is 0.599. The lowest BCUT2D eigenvalue weighted by molar-refractivity contribution is -0.129. The van der Waals surface area contributed by atoms with E-state index in [1.54, 1.807) is 18.9 Å². The van der Waals surface area contributed by atoms with E-state index in [1.165, 1.54) is 24.3 Å². The van der Waals surface area contributed by atoms with Gasteiger partial charge in [-0.2, -0.15) is 13.2 Å². The van der Waals surface area contributed by atoms with E-state index in [-0.39, 0.29) is 35.0 Å². The molecule has 1 aliphatic heterocycles. The molecular weight excluding hydrogens is 369 g/mol. The number of amides is 2. The SMILES string of the molecule is COCCNC(=O)C1(C)CCN(C(=O)c2ccc(SC(F)(F)F)cc2)C1. The van der Waals surface area contributed by atoms with Crippen molar-refractivity contribution < 1.29 is 27.5 Å². The Morgan fingerprint density at radius 1 is 1.31 bits per heavy atom. The number of nitrogens with zero attached hydrogens (tertiary/aromatic N) is 1. The van der Waals surface area contributed by atoms with Crippen molar-refractivity contribution in [2.75, 3.05) is 33.4 Å². The Kier molecular flexibility index (Phi) is 6.57. The first-order valence-electron chi connectivity index (χ1n) is 8.07. The average molecular weight is 390 g/mol. The molecule has 26 heavy (non-hydrogen) atoms. The third-order valence-electron chi connectivity index (χ3n) is 4.24. The van der Waals surface area contributed by atoms with Crippen molar-refractivity contribution >= 4 is 23.6 Å². The highest BCUT2D eigenvalue weighted by Gasteiger charge is 2.42. The van der Waals surface area contributed by atoms with Gasteiger partial charge in [-0.25, -0.2) is 0 Å². The maximum absolute atomic E-state index is 12.6. The second kappa shape index (κ2) is 8.30. The third kappa shape index (κ3) is 5.38. The molecule has 1 unspecified atom stereocenters. The van der Waals surface area contributed by atoms with Gasteiger partial charge in [-0.05, 0) is 49.4 Å². The van der Waals surface area contributed by atoms with Crippen molar-refractivity contribution in [1.82, 2.24) is 10.2 Å². The van der Waals surface area contributed by atoms with Crippen LogP contribution >= 0.6 is 11.8 Å². The number of nitrogens with one attached hydrogen (secondary N) is 1. The largest absolute Gasteiger partial charge is 0.446 e. The van der Waals surface area contributed by atoms with Crippen molar-refractivity contribution in [1.29, 1.82) is 0 Å². The number of methoxy groups -OCH3 is 1. The van der Waals surface area contributed by atoms with Crippen molar-refractivity contribution in [2.24, 2.45) is 5.41 Å². The monoisotopic (exact) mass is 390 g/mol. The first kappa shape index (κ1) is 20.6. The highest BCUT2D eigenvalue weighted by atomic mass is 32.2. The van der Waals surface area contributed by atoms with Crippen molar-refractivity contribution in [3.63, 3.8) is 0 Å². The summed E-state index contributed by atoms with van der Waals surface area (Å²) in [6.07, 6.45) is 0.527. The molecule has 1 fully saturated rings. The highest BCUT2D eigenvalue weighted by Crippen LogP contribution is 2.37. The lowest BCUT2D eigenvalue weighted by Crippen LogP contribution is -2.42. The highest BCUT2D eigenvalue weighted by molar-refractivity contribution is 8.00. The Morgan fingerprint density at radius 2 is 1.96 bits per heavy atom. The molecule has 144 valence electrons. The topological polar surface area (TPSA) is 58.6 Å². The zero-order valence-corrected chi connectivity index (χ0v) is 15.4. The van der Waals surface area contributed by atoms with Crippen LogP contribution in [0.15, 0.2) is 29.2 Å². The average Bonchev–Trinajstić information content (AvgIpc) is 2.97. The number of carbonyl (C=O) groups is 2. The third-order valence-corrected chi connectivity index (χ3v) is 4.97. The van der Waals surface area contributed by atoms with Gasteiger partial charge in [0.2, 0.25) is 5.91 Å². The molecule has 1 N–H and O–H groups in total. The first-order valence-corrected chi connectivity index (χ1v) is 8.88. The molecule has 1 saturated heterocycles. The Balaban J connectivity index is 1.97. The number of hydrogen-bond acceptors (Lipinski definition) is 4. The van der Waals surface area contributed by atoms with E-state index in [4.69, 9.17) is 4.74 Å². The maximum Gasteiger partial charge on any atom is 0.446 e. The van der Waals surface area contributed by atoms with Gasteiger partial charge in [0.1, 0.15) is 0 Å². The number of benzene rings is 1. The normalized spacial score (nSPS) is 20.3. The van der Waals surface area contributed by atoms with Crippen molar-refractivity contribution in [3.05, 3.63) is 29.8 Å². The molecule has 0 spiro atoms. The van der Waals surface area contributed by atoms with E-state index in [2.05, 4.69) is 5.32 Å². The number of alkyl halides is 3. The smallest absolute Gasteiger partial charge is 0.383 e. The Bertz CT molecular complexity index is 652. The molecule has 1 aliphatic rings. The number of hydrogen-bond donors (Lipinski definition) is 1. The molecule has 0 radical (unpaired) electrons. The van der Waals surface area contributed by atoms with Crippen LogP contribution in [0.5, 0.6) is 0 Å². The van der Waals surface area contributed by atoms with Gasteiger partial charge in [0.15, 0.2) is 0 Å². The number of likely N-dealkylation sites (tertiary alicyclic amines) is 1. The van der Waals surface area contributed by atoms with E-state index in [9.17, 15) is 22.8 Å². The van der Waals surface area contributed by atoms with Gasteiger partial charge in [-0.15, -0.1) is 0 Å². The second-order valence-corrected chi connectivity index (χ2v) is 7.50. The van der Waals surface area contributed by atoms with Crippen molar-refractivity contribution in [2.45, 2.75) is 23.7 Å². The predicted octanol–water partition coefficient (Wildman–Crippen LogP) is 2.91. The van der Waals surface area contributed by atoms with Crippen LogP contribution in [0.4, 0.5) is 13.2 Å². The van der Waals surface area contributed by atoms with E-state index in [1.807, 2.05) is 0 Å². The number of thioether (sulfide) groups is 1. The lowest BCUT2D eigenvalue weighted by Gasteiger charge is -2.23. The van der Waals surface area contributed by atoms with Gasteiger partial charge in [0.05, 0.1) is 12.0 Å². The van der Waals surface area contributed by atoms with E-state index < -0.39 is 10.9 Å². The molecule has 2 amide bonds. The molecule has 2 rings (SSSR count). The Hall–Kier alpha value is -1.74. The molecule has 1 aromatic rings. The van der Waals surface area contributed by atoms with Crippen LogP contribution in [0.25, 0.3) is 0 Å². The van der Waals surface area contributed by atoms with Crippen LogP contribution in [-0.4, -0.2) is 55.6 Å². The van der Waals surface area contributed by atoms with E-state index >= 15 is 0 Å². The summed E-state index contributed by atoms with van der Waals surface area (Å²) in [5.41, 5.74) is -4.74. The number of rotatable bonds is 6. The second-order valence-electron chi connectivity index (χ2n) is 6.36. The molecule has 0 aliphatic carbocycles. The summed E-state index contributed by atoms with van der Waals surface area (Å²) in [6.45, 7) is 3.30. The molecule has 0 bridgehead atoms. The van der Waals surface area contributed by atoms with E-state index in [0.717, 1.165) is 0 Å². The zero-order chi connectivity index (χ0) is 19.4. The summed E-state index contributed by atoms with van der Waals surface area (Å²) in [4.78, 5) is 26.5. The van der Waals surface area contributed by atoms with Gasteiger partial charge in [0.25, 0.3) is 5.91 Å². The predicted molar refractivity (Wildman–Crippen MR) is 91.9 cm³/mol. The van der Waals surface area contributed by atoms with Gasteiger partial charge in [-0.1, -0.05) is 0 Å². The molecule has 1 heterocycles. The Morgan fingerprint density at radius 3 is 2.54 bits per heavy atom. The number of ether oxygens (including phenoxy) is 1. The van der Waals surface area contributed by atoms with Crippen LogP contribution in [-0.2, 0) is 9.53 Å². The standard InChI is InChI=1S/C17H21F3N2O3S/c1-16(15(24)21-8-10-25-2)7-9-22(11-16)14(23)12-3-5-13(6-4-12)26-17(18,19)20/h3-6H,7-11H2,1-2H3,(H,21,24). The van der Waals surface area contributed by atoms with E-state index in [0.29, 0.717) is 31.7 Å². The van der Waals surface area contributed by atoms with Gasteiger partial charge in [-0.3, -0.25) is 9.59 Å². The lowest BCUT2D eigenvalue weighted by atomic mass is 9.89. The van der Waals surface area contributed by atoms with Gasteiger partial charge in [0, 0.05) is 37.2 Å². The molecule has 0 saturated carbocycles. The summed E-state index contributed by atoms with van der Waals surface area (Å²) >= 11 is -0.222. The fourth-order valence-electron chi connectivity index (χ4n) is 2.78. The number of halogens is 3. The van der Waals surface area contributed by atoms with Gasteiger partial charge < -0.3 is 15.0 Å². The molecule has 1 aromatic carbocycles. The van der Waals surface area contributed by atoms with Crippen LogP contribution < -0.4 is 5.32 Å². The summed E-state index contributed by atoms with van der Waals surface area (Å²) < 4.78 is 42.0. The summed E-state index contributed by atoms with van der Waals surface area (Å²) in [6, 6.07) is 5.31. The fraction of sp³-hybridized carbons (Fsp3) is 0.529. The minimum atomic E-state index is -4.36. The van der Waals surface area contributed by atoms with Crippen LogP contribution in [0.3, 0.4) is 0 Å². The Labute approximate surface area is 154 Å². The summed E-state index contributed by atoms with van der Waals surface area (Å²) in [7, 11) is 1.54. The summed E-state index contributed by atoms with van der Waals surface area (Å²) in [5, 5.41) is 2.78. The maximum atomic E-state index is 12.6. The molecule has 0 aromatic heterocycles. The summed E-state index contributed by atoms with van der Waals surface area (Å²) in [5.74, 6) is -0.427. The zero-order valence-electron chi connectivity index (χ0n) is 14.6. The van der Waals surface area contributed by atoms with Gasteiger partial charge >= 0.3 is 5.51 Å². The van der Waals surface area contributed by atoms with Crippen LogP contribution in [0.2, 0.25) is 0 Å². The first-order chi connectivity index (χ1) is 12.1. The minimum Gasteiger partial charge on any atom is -0.383 e. The molecule has 9 heteroatoms. The van der Waals surface area contributed by atoms with Crippen LogP contribution in [0.1, 0.15) is 23.7 Å². The van der Waals surface area contributed by atoms with Crippen LogP contribution in [0, 0.1) is 5.41 Å². The van der Waals surface area contributed by atoms with Crippen molar-refractivity contribution in [3.8, 4) is 0 Å².